The minimum atomic E-state index is 1.09. The molecule has 0 aromatic rings. The van der Waals surface area contributed by atoms with Crippen LogP contribution in [0.5, 0.6) is 0 Å². The Labute approximate surface area is 58.0 Å². The molecular formula is C7H18N2. The van der Waals surface area contributed by atoms with Crippen LogP contribution >= 0.6 is 0 Å². The van der Waals surface area contributed by atoms with Gasteiger partial charge in [0.1, 0.15) is 0 Å². The summed E-state index contributed by atoms with van der Waals surface area (Å²) in [5, 5.41) is 5.26. The van der Waals surface area contributed by atoms with Crippen LogP contribution in [-0.2, 0) is 0 Å². The van der Waals surface area contributed by atoms with E-state index in [1.54, 1.807) is 0 Å². The molecule has 56 valence electrons. The molecule has 3 N–H and O–H groups in total. The van der Waals surface area contributed by atoms with Gasteiger partial charge in [0.25, 0.3) is 0 Å². The van der Waals surface area contributed by atoms with Gasteiger partial charge in [0.2, 0.25) is 0 Å². The normalized spacial score (nSPS) is 10.0. The average Bonchev–Trinajstić information content (AvgIpc) is 1.89. The van der Waals surface area contributed by atoms with Crippen molar-refractivity contribution in [2.75, 3.05) is 19.6 Å². The number of hydrogen-bond acceptors (Lipinski definition) is 1. The molecule has 0 aliphatic carbocycles. The summed E-state index contributed by atoms with van der Waals surface area (Å²) in [6.45, 7) is 5.53. The standard InChI is InChI=1S/C7H18N2/c1-3-4-5-9-7-6-8-2/h9H,2-8H2,1H3. The minimum Gasteiger partial charge on any atom is -0.478 e. The van der Waals surface area contributed by atoms with Crippen molar-refractivity contribution in [2.24, 2.45) is 0 Å². The Morgan fingerprint density at radius 3 is 2.78 bits per heavy atom. The number of nitrogens with two attached hydrogens (primary N) is 1. The van der Waals surface area contributed by atoms with Crippen molar-refractivity contribution in [3.8, 4) is 0 Å². The van der Waals surface area contributed by atoms with Crippen LogP contribution in [0.3, 0.4) is 0 Å². The molecule has 0 heterocycles. The van der Waals surface area contributed by atoms with Crippen molar-refractivity contribution < 1.29 is 5.32 Å². The minimum absolute atomic E-state index is 1.09. The first kappa shape index (κ1) is 8.92. The zero-order valence-electron chi connectivity index (χ0n) is 6.32. The third kappa shape index (κ3) is 7.92. The predicted molar refractivity (Wildman–Crippen MR) is 39.9 cm³/mol. The van der Waals surface area contributed by atoms with E-state index in [4.69, 9.17) is 0 Å². The van der Waals surface area contributed by atoms with Gasteiger partial charge in [-0.15, -0.1) is 0 Å². The molecule has 0 fully saturated rings. The van der Waals surface area contributed by atoms with Crippen molar-refractivity contribution >= 4 is 0 Å². The molecule has 0 amide bonds. The van der Waals surface area contributed by atoms with Crippen LogP contribution in [0.1, 0.15) is 19.8 Å². The zero-order chi connectivity index (χ0) is 6.95. The van der Waals surface area contributed by atoms with E-state index in [1.165, 1.54) is 12.8 Å². The van der Waals surface area contributed by atoms with Crippen LogP contribution in [0.25, 0.3) is 0 Å². The van der Waals surface area contributed by atoms with E-state index in [0.717, 1.165) is 19.6 Å². The highest BCUT2D eigenvalue weighted by Crippen LogP contribution is 1.80. The van der Waals surface area contributed by atoms with E-state index in [1.807, 2.05) is 5.32 Å². The van der Waals surface area contributed by atoms with Gasteiger partial charge < -0.3 is 10.6 Å². The van der Waals surface area contributed by atoms with Gasteiger partial charge in [0.05, 0.1) is 6.54 Å². The lowest BCUT2D eigenvalue weighted by Gasteiger charge is -2.01. The summed E-state index contributed by atoms with van der Waals surface area (Å²) in [4.78, 5) is 0. The molecule has 0 unspecified atom stereocenters. The number of nitrogens with one attached hydrogen (secondary N) is 1. The quantitative estimate of drug-likeness (QED) is 0.376. The van der Waals surface area contributed by atoms with E-state index in [9.17, 15) is 0 Å². The van der Waals surface area contributed by atoms with Gasteiger partial charge in [0, 0.05) is 6.54 Å². The zero-order valence-corrected chi connectivity index (χ0v) is 6.32. The molecule has 0 atom stereocenters. The van der Waals surface area contributed by atoms with E-state index in [2.05, 4.69) is 19.3 Å². The van der Waals surface area contributed by atoms with E-state index < -0.39 is 0 Å². The fourth-order valence-corrected chi connectivity index (χ4v) is 0.631. The first-order valence-corrected chi connectivity index (χ1v) is 3.73. The van der Waals surface area contributed by atoms with E-state index >= 15 is 0 Å². The molecule has 2 nitrogen and oxygen atoms in total. The number of unbranched alkanes of at least 4 members (excludes halogenated alkanes) is 1. The summed E-state index contributed by atoms with van der Waals surface area (Å²) in [6.07, 6.45) is 2.57. The smallest absolute Gasteiger partial charge is 0.0642 e. The highest BCUT2D eigenvalue weighted by molar-refractivity contribution is 4.43. The summed E-state index contributed by atoms with van der Waals surface area (Å²) in [5.41, 5.74) is 0. The SMILES string of the molecule is [CH2-][NH2+]CCNCCCC. The molecule has 9 heavy (non-hydrogen) atoms. The molecule has 0 radical (unpaired) electrons. The number of rotatable bonds is 6. The highest BCUT2D eigenvalue weighted by atomic mass is 14.9. The number of hydrogen-bond donors (Lipinski definition) is 2. The molecule has 0 aromatic carbocycles. The van der Waals surface area contributed by atoms with Crippen molar-refractivity contribution in [3.63, 3.8) is 0 Å². The van der Waals surface area contributed by atoms with Gasteiger partial charge >= 0.3 is 0 Å². The maximum absolute atomic E-state index is 3.64. The number of quaternary nitrogens is 1. The second-order valence-corrected chi connectivity index (χ2v) is 2.18. The molecule has 0 spiro atoms. The Morgan fingerprint density at radius 1 is 1.44 bits per heavy atom. The maximum Gasteiger partial charge on any atom is 0.0642 e. The Morgan fingerprint density at radius 2 is 2.22 bits per heavy atom. The van der Waals surface area contributed by atoms with Crippen molar-refractivity contribution in [2.45, 2.75) is 19.8 Å². The lowest BCUT2D eigenvalue weighted by Crippen LogP contribution is -2.78. The molecule has 0 bridgehead atoms. The molecule has 0 aromatic heterocycles. The van der Waals surface area contributed by atoms with Gasteiger partial charge in [-0.1, -0.05) is 13.3 Å². The third-order valence-corrected chi connectivity index (χ3v) is 1.23. The lowest BCUT2D eigenvalue weighted by molar-refractivity contribution is -0.593. The highest BCUT2D eigenvalue weighted by Gasteiger charge is 1.83. The van der Waals surface area contributed by atoms with Crippen molar-refractivity contribution in [1.29, 1.82) is 0 Å². The van der Waals surface area contributed by atoms with E-state index in [-0.39, 0.29) is 0 Å². The Kier molecular flexibility index (Phi) is 7.85. The van der Waals surface area contributed by atoms with Gasteiger partial charge in [-0.3, -0.25) is 0 Å². The van der Waals surface area contributed by atoms with Crippen LogP contribution in [-0.4, -0.2) is 19.6 Å². The Balaban J connectivity index is 2.60. The molecule has 0 rings (SSSR count). The third-order valence-electron chi connectivity index (χ3n) is 1.23. The molecule has 0 saturated heterocycles. The second kappa shape index (κ2) is 7.92. The Bertz CT molecular complexity index is 40.2. The van der Waals surface area contributed by atoms with Crippen LogP contribution in [0.4, 0.5) is 0 Å². The average molecular weight is 130 g/mol. The summed E-state index contributed by atoms with van der Waals surface area (Å²) < 4.78 is 0. The second-order valence-electron chi connectivity index (χ2n) is 2.18. The van der Waals surface area contributed by atoms with Crippen LogP contribution in [0.2, 0.25) is 0 Å². The lowest BCUT2D eigenvalue weighted by atomic mass is 10.3. The van der Waals surface area contributed by atoms with Gasteiger partial charge in [-0.2, -0.15) is 7.05 Å². The monoisotopic (exact) mass is 130 g/mol. The Hall–Kier alpha value is -0.0800. The van der Waals surface area contributed by atoms with E-state index in [0.29, 0.717) is 0 Å². The molecule has 2 heteroatoms. The van der Waals surface area contributed by atoms with Gasteiger partial charge in [-0.25, -0.2) is 0 Å². The fourth-order valence-electron chi connectivity index (χ4n) is 0.631. The predicted octanol–water partition coefficient (Wildman–Crippen LogP) is -0.269. The molecular weight excluding hydrogens is 112 g/mol. The van der Waals surface area contributed by atoms with Gasteiger partial charge in [-0.05, 0) is 13.0 Å². The maximum atomic E-state index is 3.64. The van der Waals surface area contributed by atoms with Crippen molar-refractivity contribution in [1.82, 2.24) is 5.32 Å². The molecule has 0 aliphatic rings. The van der Waals surface area contributed by atoms with Crippen LogP contribution in [0.15, 0.2) is 0 Å². The molecule has 0 aliphatic heterocycles. The molecule has 0 saturated carbocycles. The summed E-state index contributed by atoms with van der Waals surface area (Å²) >= 11 is 0. The first-order valence-electron chi connectivity index (χ1n) is 3.73. The summed E-state index contributed by atoms with van der Waals surface area (Å²) in [7, 11) is 3.64. The van der Waals surface area contributed by atoms with Crippen molar-refractivity contribution in [3.05, 3.63) is 7.05 Å². The first-order chi connectivity index (χ1) is 4.41. The summed E-state index contributed by atoms with van der Waals surface area (Å²) in [5.74, 6) is 0. The fraction of sp³-hybridized carbons (Fsp3) is 0.857. The summed E-state index contributed by atoms with van der Waals surface area (Å²) in [6, 6.07) is 0. The topological polar surface area (TPSA) is 28.6 Å². The van der Waals surface area contributed by atoms with Crippen LogP contribution in [0, 0.1) is 7.05 Å². The van der Waals surface area contributed by atoms with Crippen LogP contribution < -0.4 is 10.6 Å². The van der Waals surface area contributed by atoms with Gasteiger partial charge in [0.15, 0.2) is 0 Å². The largest absolute Gasteiger partial charge is 0.478 e.